The van der Waals surface area contributed by atoms with Crippen LogP contribution in [0.4, 0.5) is 10.1 Å². The number of aliphatic hydroxyl groups is 1. The van der Waals surface area contributed by atoms with Gasteiger partial charge in [-0.2, -0.15) is 0 Å². The Morgan fingerprint density at radius 1 is 1.33 bits per heavy atom. The highest BCUT2D eigenvalue weighted by Gasteiger charge is 2.31. The summed E-state index contributed by atoms with van der Waals surface area (Å²) in [6, 6.07) is 4.96. The van der Waals surface area contributed by atoms with Crippen LogP contribution in [0.3, 0.4) is 0 Å². The van der Waals surface area contributed by atoms with Crippen molar-refractivity contribution in [2.24, 2.45) is 0 Å². The molecule has 0 atom stereocenters. The predicted molar refractivity (Wildman–Crippen MR) is 71.2 cm³/mol. The van der Waals surface area contributed by atoms with Gasteiger partial charge in [0.15, 0.2) is 0 Å². The summed E-state index contributed by atoms with van der Waals surface area (Å²) in [6.45, 7) is 6.77. The first-order valence-corrected chi connectivity index (χ1v) is 6.29. The first-order chi connectivity index (χ1) is 8.44. The van der Waals surface area contributed by atoms with Crippen LogP contribution in [-0.2, 0) is 6.61 Å². The fraction of sp³-hybridized carbons (Fsp3) is 0.571. The predicted octanol–water partition coefficient (Wildman–Crippen LogP) is 1.85. The molecule has 0 saturated carbocycles. The van der Waals surface area contributed by atoms with Crippen molar-refractivity contribution in [3.8, 4) is 0 Å². The van der Waals surface area contributed by atoms with E-state index in [1.165, 1.54) is 6.07 Å². The molecule has 1 aromatic carbocycles. The number of halogens is 1. The lowest BCUT2D eigenvalue weighted by atomic mass is 9.99. The van der Waals surface area contributed by atoms with Crippen molar-refractivity contribution >= 4 is 5.69 Å². The third-order valence-electron chi connectivity index (χ3n) is 3.85. The highest BCUT2D eigenvalue weighted by atomic mass is 19.1. The summed E-state index contributed by atoms with van der Waals surface area (Å²) in [6.07, 6.45) is 0. The second kappa shape index (κ2) is 4.86. The molecule has 3 nitrogen and oxygen atoms in total. The van der Waals surface area contributed by atoms with Crippen molar-refractivity contribution in [1.29, 1.82) is 0 Å². The molecule has 0 aliphatic carbocycles. The minimum Gasteiger partial charge on any atom is -0.392 e. The summed E-state index contributed by atoms with van der Waals surface area (Å²) in [4.78, 5) is 4.37. The quantitative estimate of drug-likeness (QED) is 0.870. The molecule has 0 amide bonds. The van der Waals surface area contributed by atoms with Gasteiger partial charge < -0.3 is 10.0 Å². The minimum atomic E-state index is -0.248. The summed E-state index contributed by atoms with van der Waals surface area (Å²) in [5.41, 5.74) is 1.29. The zero-order valence-corrected chi connectivity index (χ0v) is 11.3. The Morgan fingerprint density at radius 2 is 2.06 bits per heavy atom. The van der Waals surface area contributed by atoms with Crippen LogP contribution >= 0.6 is 0 Å². The first kappa shape index (κ1) is 13.3. The Hall–Kier alpha value is -1.13. The molecule has 1 saturated heterocycles. The highest BCUT2D eigenvalue weighted by molar-refractivity contribution is 5.50. The van der Waals surface area contributed by atoms with Crippen molar-refractivity contribution < 1.29 is 9.50 Å². The molecule has 0 unspecified atom stereocenters. The third kappa shape index (κ3) is 2.49. The number of nitrogens with zero attached hydrogens (tertiary/aromatic N) is 2. The molecule has 1 heterocycles. The molecule has 1 aromatic rings. The maximum absolute atomic E-state index is 14.0. The number of anilines is 1. The maximum Gasteiger partial charge on any atom is 0.146 e. The van der Waals surface area contributed by atoms with Gasteiger partial charge in [0.2, 0.25) is 0 Å². The van der Waals surface area contributed by atoms with E-state index in [1.807, 2.05) is 0 Å². The highest BCUT2D eigenvalue weighted by Crippen LogP contribution is 2.27. The van der Waals surface area contributed by atoms with Gasteiger partial charge in [0.1, 0.15) is 5.82 Å². The smallest absolute Gasteiger partial charge is 0.146 e. The summed E-state index contributed by atoms with van der Waals surface area (Å²) in [5, 5.41) is 8.99. The van der Waals surface area contributed by atoms with Crippen LogP contribution < -0.4 is 4.90 Å². The van der Waals surface area contributed by atoms with E-state index in [0.717, 1.165) is 19.6 Å². The van der Waals surface area contributed by atoms with E-state index < -0.39 is 0 Å². The topological polar surface area (TPSA) is 26.7 Å². The van der Waals surface area contributed by atoms with Gasteiger partial charge in [-0.3, -0.25) is 4.90 Å². The zero-order chi connectivity index (χ0) is 13.3. The number of hydrogen-bond donors (Lipinski definition) is 1. The number of hydrogen-bond acceptors (Lipinski definition) is 3. The van der Waals surface area contributed by atoms with Crippen molar-refractivity contribution in [2.75, 3.05) is 31.6 Å². The van der Waals surface area contributed by atoms with E-state index in [4.69, 9.17) is 5.11 Å². The van der Waals surface area contributed by atoms with Crippen LogP contribution in [-0.4, -0.2) is 42.2 Å². The van der Waals surface area contributed by atoms with Crippen molar-refractivity contribution in [2.45, 2.75) is 26.0 Å². The van der Waals surface area contributed by atoms with E-state index in [2.05, 4.69) is 30.7 Å². The maximum atomic E-state index is 14.0. The summed E-state index contributed by atoms with van der Waals surface area (Å²) in [7, 11) is 2.10. The molecule has 0 radical (unpaired) electrons. The Balaban J connectivity index is 2.22. The second-order valence-corrected chi connectivity index (χ2v) is 5.60. The summed E-state index contributed by atoms with van der Waals surface area (Å²) < 4.78 is 14.0. The zero-order valence-electron chi connectivity index (χ0n) is 11.3. The molecule has 0 aromatic heterocycles. The standard InChI is InChI=1S/C14H21FN2O/c1-14(2)10-17(7-6-16(14)3)13-5-4-11(9-18)8-12(13)15/h4-5,8,18H,6-7,9-10H2,1-3H3. The lowest BCUT2D eigenvalue weighted by Crippen LogP contribution is -2.57. The van der Waals surface area contributed by atoms with E-state index in [9.17, 15) is 4.39 Å². The third-order valence-corrected chi connectivity index (χ3v) is 3.85. The van der Waals surface area contributed by atoms with Crippen LogP contribution in [0.15, 0.2) is 18.2 Å². The molecular weight excluding hydrogens is 231 g/mol. The molecule has 0 bridgehead atoms. The first-order valence-electron chi connectivity index (χ1n) is 6.29. The van der Waals surface area contributed by atoms with Crippen LogP contribution in [0, 0.1) is 5.82 Å². The SMILES string of the molecule is CN1CCN(c2ccc(CO)cc2F)CC1(C)C. The van der Waals surface area contributed by atoms with Crippen LogP contribution in [0.1, 0.15) is 19.4 Å². The largest absolute Gasteiger partial charge is 0.392 e. The summed E-state index contributed by atoms with van der Waals surface area (Å²) in [5.74, 6) is -0.248. The molecule has 1 aliphatic heterocycles. The van der Waals surface area contributed by atoms with Gasteiger partial charge in [0.05, 0.1) is 12.3 Å². The van der Waals surface area contributed by atoms with Crippen LogP contribution in [0.2, 0.25) is 0 Å². The van der Waals surface area contributed by atoms with Crippen molar-refractivity contribution in [3.63, 3.8) is 0 Å². The van der Waals surface area contributed by atoms with E-state index in [1.54, 1.807) is 12.1 Å². The molecule has 4 heteroatoms. The van der Waals surface area contributed by atoms with E-state index in [-0.39, 0.29) is 18.0 Å². The lowest BCUT2D eigenvalue weighted by Gasteiger charge is -2.46. The van der Waals surface area contributed by atoms with Gasteiger partial charge in [-0.05, 0) is 38.6 Å². The molecule has 18 heavy (non-hydrogen) atoms. The molecule has 1 N–H and O–H groups in total. The average Bonchev–Trinajstić information content (AvgIpc) is 2.32. The Kier molecular flexibility index (Phi) is 3.59. The normalized spacial score (nSPS) is 20.2. The van der Waals surface area contributed by atoms with Gasteiger partial charge in [-0.25, -0.2) is 4.39 Å². The van der Waals surface area contributed by atoms with Gasteiger partial charge in [-0.1, -0.05) is 6.07 Å². The molecular formula is C14H21FN2O. The monoisotopic (exact) mass is 252 g/mol. The van der Waals surface area contributed by atoms with E-state index in [0.29, 0.717) is 11.3 Å². The number of aliphatic hydroxyl groups excluding tert-OH is 1. The van der Waals surface area contributed by atoms with Gasteiger partial charge >= 0.3 is 0 Å². The van der Waals surface area contributed by atoms with Crippen molar-refractivity contribution in [1.82, 2.24) is 4.90 Å². The second-order valence-electron chi connectivity index (χ2n) is 5.60. The average molecular weight is 252 g/mol. The Morgan fingerprint density at radius 3 is 2.61 bits per heavy atom. The fourth-order valence-electron chi connectivity index (χ4n) is 2.35. The van der Waals surface area contributed by atoms with Crippen LogP contribution in [0.25, 0.3) is 0 Å². The minimum absolute atomic E-state index is 0.0420. The molecule has 1 fully saturated rings. The Bertz CT molecular complexity index is 434. The lowest BCUT2D eigenvalue weighted by molar-refractivity contribution is 0.138. The molecule has 2 rings (SSSR count). The number of likely N-dealkylation sites (N-methyl/N-ethyl adjacent to an activating group) is 1. The van der Waals surface area contributed by atoms with Gasteiger partial charge in [-0.15, -0.1) is 0 Å². The van der Waals surface area contributed by atoms with Gasteiger partial charge in [0, 0.05) is 25.2 Å². The number of piperazine rings is 1. The van der Waals surface area contributed by atoms with Crippen LogP contribution in [0.5, 0.6) is 0 Å². The van der Waals surface area contributed by atoms with E-state index >= 15 is 0 Å². The molecule has 100 valence electrons. The van der Waals surface area contributed by atoms with Gasteiger partial charge in [0.25, 0.3) is 0 Å². The molecule has 0 spiro atoms. The van der Waals surface area contributed by atoms with Crippen molar-refractivity contribution in [3.05, 3.63) is 29.6 Å². The fourth-order valence-corrected chi connectivity index (χ4v) is 2.35. The number of rotatable bonds is 2. The Labute approximate surface area is 108 Å². The number of benzene rings is 1. The molecule has 1 aliphatic rings. The summed E-state index contributed by atoms with van der Waals surface area (Å²) >= 11 is 0.